The van der Waals surface area contributed by atoms with Gasteiger partial charge in [-0.2, -0.15) is 0 Å². The van der Waals surface area contributed by atoms with E-state index in [4.69, 9.17) is 35.2 Å². The van der Waals surface area contributed by atoms with Crippen molar-refractivity contribution in [3.8, 4) is 0 Å². The SMILES string of the molecule is COC(N)OCC(C)COCC1COC(N)OC1. The lowest BCUT2D eigenvalue weighted by atomic mass is 10.2. The molecule has 0 aromatic carbocycles. The fraction of sp³-hybridized carbons (Fsp3) is 1.00. The van der Waals surface area contributed by atoms with Gasteiger partial charge in [-0.1, -0.05) is 6.92 Å². The molecule has 7 nitrogen and oxygen atoms in total. The van der Waals surface area contributed by atoms with Gasteiger partial charge in [-0.25, -0.2) is 0 Å². The number of nitrogens with two attached hydrogens (primary N) is 2. The smallest absolute Gasteiger partial charge is 0.213 e. The minimum atomic E-state index is -0.672. The van der Waals surface area contributed by atoms with E-state index in [1.165, 1.54) is 7.11 Å². The van der Waals surface area contributed by atoms with Crippen molar-refractivity contribution in [1.29, 1.82) is 0 Å². The van der Waals surface area contributed by atoms with Gasteiger partial charge in [0.1, 0.15) is 0 Å². The van der Waals surface area contributed by atoms with Crippen LogP contribution in [0, 0.1) is 11.8 Å². The first-order chi connectivity index (χ1) is 8.61. The highest BCUT2D eigenvalue weighted by molar-refractivity contribution is 4.61. The normalized spacial score (nSPS) is 28.0. The summed E-state index contributed by atoms with van der Waals surface area (Å²) in [7, 11) is 1.50. The van der Waals surface area contributed by atoms with Gasteiger partial charge in [-0.3, -0.25) is 11.5 Å². The Morgan fingerprint density at radius 3 is 2.56 bits per heavy atom. The topological polar surface area (TPSA) is 98.2 Å². The monoisotopic (exact) mass is 264 g/mol. The molecule has 0 saturated carbocycles. The molecule has 4 N–H and O–H groups in total. The van der Waals surface area contributed by atoms with E-state index in [1.54, 1.807) is 0 Å². The Morgan fingerprint density at radius 1 is 1.28 bits per heavy atom. The average molecular weight is 264 g/mol. The predicted octanol–water partition coefficient (Wildman–Crippen LogP) is -0.550. The molecule has 0 aromatic heterocycles. The number of methoxy groups -OCH3 is 1. The van der Waals surface area contributed by atoms with Crippen molar-refractivity contribution in [1.82, 2.24) is 0 Å². The second kappa shape index (κ2) is 8.76. The quantitative estimate of drug-likeness (QED) is 0.567. The maximum atomic E-state index is 5.57. The molecule has 108 valence electrons. The molecular weight excluding hydrogens is 240 g/mol. The van der Waals surface area contributed by atoms with E-state index >= 15 is 0 Å². The van der Waals surface area contributed by atoms with Crippen molar-refractivity contribution in [2.45, 2.75) is 19.8 Å². The van der Waals surface area contributed by atoms with Crippen molar-refractivity contribution < 1.29 is 23.7 Å². The maximum absolute atomic E-state index is 5.57. The third-order valence-electron chi connectivity index (χ3n) is 2.53. The molecule has 0 amide bonds. The van der Waals surface area contributed by atoms with Crippen LogP contribution in [-0.4, -0.2) is 53.0 Å². The van der Waals surface area contributed by atoms with Gasteiger partial charge in [0.25, 0.3) is 0 Å². The van der Waals surface area contributed by atoms with Crippen molar-refractivity contribution in [3.05, 3.63) is 0 Å². The second-order valence-corrected chi connectivity index (χ2v) is 4.48. The lowest BCUT2D eigenvalue weighted by Gasteiger charge is -2.27. The lowest BCUT2D eigenvalue weighted by molar-refractivity contribution is -0.204. The first kappa shape index (κ1) is 15.8. The number of hydrogen-bond acceptors (Lipinski definition) is 7. The van der Waals surface area contributed by atoms with Crippen LogP contribution in [0.3, 0.4) is 0 Å². The fourth-order valence-corrected chi connectivity index (χ4v) is 1.47. The largest absolute Gasteiger partial charge is 0.381 e. The maximum Gasteiger partial charge on any atom is 0.213 e. The molecule has 0 radical (unpaired) electrons. The Kier molecular flexibility index (Phi) is 7.68. The van der Waals surface area contributed by atoms with Crippen LogP contribution in [-0.2, 0) is 23.7 Å². The molecule has 1 saturated heterocycles. The van der Waals surface area contributed by atoms with E-state index in [0.29, 0.717) is 33.0 Å². The molecule has 2 unspecified atom stereocenters. The highest BCUT2D eigenvalue weighted by Crippen LogP contribution is 2.09. The molecule has 2 atom stereocenters. The minimum absolute atomic E-state index is 0.235. The molecule has 1 rings (SSSR count). The summed E-state index contributed by atoms with van der Waals surface area (Å²) in [4.78, 5) is 0. The van der Waals surface area contributed by atoms with Crippen LogP contribution in [0.25, 0.3) is 0 Å². The third-order valence-corrected chi connectivity index (χ3v) is 2.53. The lowest BCUT2D eigenvalue weighted by Crippen LogP contribution is -2.39. The Labute approximate surface area is 108 Å². The van der Waals surface area contributed by atoms with Gasteiger partial charge in [-0.15, -0.1) is 0 Å². The predicted molar refractivity (Wildman–Crippen MR) is 64.3 cm³/mol. The average Bonchev–Trinajstić information content (AvgIpc) is 2.38. The summed E-state index contributed by atoms with van der Waals surface area (Å²) in [6.07, 6.45) is -1.27. The summed E-state index contributed by atoms with van der Waals surface area (Å²) >= 11 is 0. The second-order valence-electron chi connectivity index (χ2n) is 4.48. The zero-order valence-corrected chi connectivity index (χ0v) is 11.0. The van der Waals surface area contributed by atoms with Gasteiger partial charge >= 0.3 is 0 Å². The van der Waals surface area contributed by atoms with Gasteiger partial charge in [0.15, 0.2) is 0 Å². The summed E-state index contributed by atoms with van der Waals surface area (Å²) in [5.74, 6) is 0.484. The van der Waals surface area contributed by atoms with Crippen molar-refractivity contribution in [2.75, 3.05) is 40.1 Å². The number of ether oxygens (including phenoxy) is 5. The van der Waals surface area contributed by atoms with E-state index in [-0.39, 0.29) is 11.8 Å². The van der Waals surface area contributed by atoms with Crippen molar-refractivity contribution in [3.63, 3.8) is 0 Å². The molecule has 0 aliphatic carbocycles. The van der Waals surface area contributed by atoms with Gasteiger partial charge < -0.3 is 23.7 Å². The zero-order valence-electron chi connectivity index (χ0n) is 11.0. The molecule has 1 aliphatic heterocycles. The molecule has 18 heavy (non-hydrogen) atoms. The van der Waals surface area contributed by atoms with Gasteiger partial charge in [0, 0.05) is 18.9 Å². The fourth-order valence-electron chi connectivity index (χ4n) is 1.47. The summed E-state index contributed by atoms with van der Waals surface area (Å²) in [6.45, 7) is 4.84. The van der Waals surface area contributed by atoms with Crippen molar-refractivity contribution >= 4 is 0 Å². The van der Waals surface area contributed by atoms with Crippen LogP contribution in [0.5, 0.6) is 0 Å². The Bertz CT molecular complexity index is 212. The van der Waals surface area contributed by atoms with Crippen LogP contribution in [0.15, 0.2) is 0 Å². The van der Waals surface area contributed by atoms with Crippen LogP contribution < -0.4 is 11.5 Å². The Balaban J connectivity index is 1.99. The number of hydrogen-bond donors (Lipinski definition) is 2. The van der Waals surface area contributed by atoms with Crippen LogP contribution in [0.4, 0.5) is 0 Å². The van der Waals surface area contributed by atoms with E-state index in [0.717, 1.165) is 0 Å². The molecule has 0 bridgehead atoms. The first-order valence-corrected chi connectivity index (χ1v) is 6.08. The molecule has 1 aliphatic rings. The molecule has 0 spiro atoms. The molecular formula is C11H24N2O5. The van der Waals surface area contributed by atoms with Gasteiger partial charge in [0.2, 0.25) is 12.8 Å². The highest BCUT2D eigenvalue weighted by atomic mass is 16.7. The van der Waals surface area contributed by atoms with Crippen molar-refractivity contribution in [2.24, 2.45) is 23.3 Å². The minimum Gasteiger partial charge on any atom is -0.381 e. The Morgan fingerprint density at radius 2 is 1.94 bits per heavy atom. The van der Waals surface area contributed by atoms with E-state index in [9.17, 15) is 0 Å². The van der Waals surface area contributed by atoms with Gasteiger partial charge in [0.05, 0.1) is 33.0 Å². The van der Waals surface area contributed by atoms with Crippen LogP contribution >= 0.6 is 0 Å². The molecule has 7 heteroatoms. The zero-order chi connectivity index (χ0) is 13.4. The highest BCUT2D eigenvalue weighted by Gasteiger charge is 2.19. The Hall–Kier alpha value is -0.280. The molecule has 1 heterocycles. The summed E-state index contributed by atoms with van der Waals surface area (Å²) in [5.41, 5.74) is 10.9. The van der Waals surface area contributed by atoms with Crippen LogP contribution in [0.1, 0.15) is 6.92 Å². The summed E-state index contributed by atoms with van der Waals surface area (Å²) < 4.78 is 25.9. The van der Waals surface area contributed by atoms with Crippen LogP contribution in [0.2, 0.25) is 0 Å². The number of rotatable bonds is 8. The molecule has 0 aromatic rings. The standard InChI is InChI=1S/C11H24N2O5/c1-8(4-16-10(12)14-2)3-15-5-9-6-17-11(13)18-7-9/h8-11H,3-7,12-13H2,1-2H3. The third kappa shape index (κ3) is 6.60. The van der Waals surface area contributed by atoms with E-state index in [1.807, 2.05) is 6.92 Å². The summed E-state index contributed by atoms with van der Waals surface area (Å²) in [5, 5.41) is 0. The first-order valence-electron chi connectivity index (χ1n) is 6.08. The van der Waals surface area contributed by atoms with Gasteiger partial charge in [-0.05, 0) is 0 Å². The van der Waals surface area contributed by atoms with E-state index < -0.39 is 12.8 Å². The summed E-state index contributed by atoms with van der Waals surface area (Å²) in [6, 6.07) is 0. The van der Waals surface area contributed by atoms with E-state index in [2.05, 4.69) is 0 Å². The molecule has 1 fully saturated rings.